The minimum absolute atomic E-state index is 0.148. The standard InChI is InChI=1S/C10H9N5O/c11-5-7-2-1-3-8(4-7)15-9(6-12)13-14-10(15)16/h1-4H,6,12H2,(H,14,16). The molecule has 1 aromatic heterocycles. The van der Waals surface area contributed by atoms with Crippen molar-refractivity contribution in [1.29, 1.82) is 5.26 Å². The van der Waals surface area contributed by atoms with Crippen molar-refractivity contribution in [3.05, 3.63) is 46.1 Å². The largest absolute Gasteiger partial charge is 0.347 e. The number of aromatic nitrogens is 3. The second-order valence-corrected chi connectivity index (χ2v) is 3.15. The summed E-state index contributed by atoms with van der Waals surface area (Å²) in [5.74, 6) is 0.431. The molecule has 0 radical (unpaired) electrons. The van der Waals surface area contributed by atoms with Crippen molar-refractivity contribution in [3.8, 4) is 11.8 Å². The summed E-state index contributed by atoms with van der Waals surface area (Å²) in [7, 11) is 0. The Morgan fingerprint density at radius 2 is 2.38 bits per heavy atom. The fraction of sp³-hybridized carbons (Fsp3) is 0.100. The van der Waals surface area contributed by atoms with Crippen LogP contribution in [0.15, 0.2) is 29.1 Å². The summed E-state index contributed by atoms with van der Waals surface area (Å²) in [5, 5.41) is 14.9. The van der Waals surface area contributed by atoms with Crippen LogP contribution in [-0.4, -0.2) is 14.8 Å². The van der Waals surface area contributed by atoms with E-state index < -0.39 is 0 Å². The van der Waals surface area contributed by atoms with Gasteiger partial charge in [-0.1, -0.05) is 6.07 Å². The molecule has 0 unspecified atom stereocenters. The maximum Gasteiger partial charge on any atom is 0.347 e. The first-order chi connectivity index (χ1) is 7.76. The van der Waals surface area contributed by atoms with Crippen molar-refractivity contribution in [2.45, 2.75) is 6.54 Å². The molecule has 0 saturated carbocycles. The quantitative estimate of drug-likeness (QED) is 0.729. The molecule has 0 bridgehead atoms. The molecular formula is C10H9N5O. The molecule has 0 spiro atoms. The summed E-state index contributed by atoms with van der Waals surface area (Å²) < 4.78 is 1.35. The Kier molecular flexibility index (Phi) is 2.54. The van der Waals surface area contributed by atoms with Crippen LogP contribution in [-0.2, 0) is 6.54 Å². The van der Waals surface area contributed by atoms with Gasteiger partial charge in [0.15, 0.2) is 5.82 Å². The van der Waals surface area contributed by atoms with Gasteiger partial charge in [0, 0.05) is 0 Å². The molecule has 16 heavy (non-hydrogen) atoms. The van der Waals surface area contributed by atoms with Crippen LogP contribution < -0.4 is 11.4 Å². The minimum atomic E-state index is -0.365. The fourth-order valence-corrected chi connectivity index (χ4v) is 1.45. The van der Waals surface area contributed by atoms with Gasteiger partial charge in [-0.3, -0.25) is 0 Å². The first-order valence-electron chi connectivity index (χ1n) is 4.63. The van der Waals surface area contributed by atoms with Crippen molar-refractivity contribution >= 4 is 0 Å². The lowest BCUT2D eigenvalue weighted by Crippen LogP contribution is -2.18. The van der Waals surface area contributed by atoms with E-state index in [2.05, 4.69) is 10.2 Å². The van der Waals surface area contributed by atoms with E-state index >= 15 is 0 Å². The van der Waals surface area contributed by atoms with Gasteiger partial charge in [0.2, 0.25) is 0 Å². The molecule has 0 fully saturated rings. The highest BCUT2D eigenvalue weighted by Crippen LogP contribution is 2.09. The van der Waals surface area contributed by atoms with Gasteiger partial charge in [0.05, 0.1) is 23.9 Å². The van der Waals surface area contributed by atoms with Crippen molar-refractivity contribution < 1.29 is 0 Å². The molecule has 2 rings (SSSR count). The third-order valence-electron chi connectivity index (χ3n) is 2.16. The number of nitrogens with zero attached hydrogens (tertiary/aromatic N) is 3. The summed E-state index contributed by atoms with van der Waals surface area (Å²) in [4.78, 5) is 11.5. The number of hydrogen-bond acceptors (Lipinski definition) is 4. The summed E-state index contributed by atoms with van der Waals surface area (Å²) >= 11 is 0. The summed E-state index contributed by atoms with van der Waals surface area (Å²) in [6, 6.07) is 8.70. The van der Waals surface area contributed by atoms with Gasteiger partial charge < -0.3 is 5.73 Å². The minimum Gasteiger partial charge on any atom is -0.324 e. The number of nitriles is 1. The number of nitrogens with one attached hydrogen (secondary N) is 1. The molecule has 3 N–H and O–H groups in total. The number of benzene rings is 1. The Hall–Kier alpha value is -2.39. The van der Waals surface area contributed by atoms with Crippen LogP contribution in [0.3, 0.4) is 0 Å². The molecule has 1 aromatic carbocycles. The number of nitrogens with two attached hydrogens (primary N) is 1. The highest BCUT2D eigenvalue weighted by Gasteiger charge is 2.08. The molecule has 80 valence electrons. The summed E-state index contributed by atoms with van der Waals surface area (Å²) in [5.41, 5.74) is 6.16. The number of hydrogen-bond donors (Lipinski definition) is 2. The highest BCUT2D eigenvalue weighted by atomic mass is 16.1. The third-order valence-corrected chi connectivity index (χ3v) is 2.16. The average molecular weight is 215 g/mol. The van der Waals surface area contributed by atoms with Gasteiger partial charge in [-0.25, -0.2) is 14.5 Å². The van der Waals surface area contributed by atoms with E-state index in [1.165, 1.54) is 4.57 Å². The maximum atomic E-state index is 11.5. The second-order valence-electron chi connectivity index (χ2n) is 3.15. The lowest BCUT2D eigenvalue weighted by atomic mass is 10.2. The fourth-order valence-electron chi connectivity index (χ4n) is 1.45. The van der Waals surface area contributed by atoms with Crippen molar-refractivity contribution in [2.24, 2.45) is 5.73 Å². The van der Waals surface area contributed by atoms with Gasteiger partial charge in [-0.15, -0.1) is 0 Å². The summed E-state index contributed by atoms with van der Waals surface area (Å²) in [6.07, 6.45) is 0. The predicted molar refractivity (Wildman–Crippen MR) is 56.8 cm³/mol. The molecule has 6 heteroatoms. The first-order valence-corrected chi connectivity index (χ1v) is 4.63. The van der Waals surface area contributed by atoms with E-state index in [1.54, 1.807) is 24.3 Å². The first kappa shape index (κ1) is 10.1. The van der Waals surface area contributed by atoms with Crippen LogP contribution in [0.2, 0.25) is 0 Å². The smallest absolute Gasteiger partial charge is 0.324 e. The molecule has 2 aromatic rings. The molecule has 0 aliphatic rings. The van der Waals surface area contributed by atoms with Crippen molar-refractivity contribution in [2.75, 3.05) is 0 Å². The lowest BCUT2D eigenvalue weighted by Gasteiger charge is -2.03. The van der Waals surface area contributed by atoms with Gasteiger partial charge in [-0.05, 0) is 18.2 Å². The van der Waals surface area contributed by atoms with Crippen molar-refractivity contribution in [3.63, 3.8) is 0 Å². The van der Waals surface area contributed by atoms with E-state index in [9.17, 15) is 4.79 Å². The van der Waals surface area contributed by atoms with E-state index in [4.69, 9.17) is 11.0 Å². The van der Waals surface area contributed by atoms with Gasteiger partial charge in [-0.2, -0.15) is 10.4 Å². The normalized spacial score (nSPS) is 10.0. The van der Waals surface area contributed by atoms with E-state index in [0.29, 0.717) is 17.1 Å². The number of H-pyrrole nitrogens is 1. The molecule has 0 aliphatic carbocycles. The number of rotatable bonds is 2. The van der Waals surface area contributed by atoms with Gasteiger partial charge >= 0.3 is 5.69 Å². The maximum absolute atomic E-state index is 11.5. The molecular weight excluding hydrogens is 206 g/mol. The van der Waals surface area contributed by atoms with Crippen LogP contribution in [0.4, 0.5) is 0 Å². The van der Waals surface area contributed by atoms with Crippen LogP contribution in [0.1, 0.15) is 11.4 Å². The zero-order valence-electron chi connectivity index (χ0n) is 8.34. The van der Waals surface area contributed by atoms with E-state index in [0.717, 1.165) is 0 Å². The Morgan fingerprint density at radius 1 is 1.56 bits per heavy atom. The van der Waals surface area contributed by atoms with E-state index in [1.807, 2.05) is 6.07 Å². The third kappa shape index (κ3) is 1.60. The zero-order valence-corrected chi connectivity index (χ0v) is 8.34. The highest BCUT2D eigenvalue weighted by molar-refractivity contribution is 5.41. The van der Waals surface area contributed by atoms with Crippen LogP contribution >= 0.6 is 0 Å². The topological polar surface area (TPSA) is 100 Å². The Balaban J connectivity index is 2.63. The van der Waals surface area contributed by atoms with E-state index in [-0.39, 0.29) is 12.2 Å². The Labute approximate surface area is 90.9 Å². The Morgan fingerprint density at radius 3 is 3.06 bits per heavy atom. The zero-order chi connectivity index (χ0) is 11.5. The second kappa shape index (κ2) is 4.00. The molecule has 1 heterocycles. The molecule has 0 atom stereocenters. The SMILES string of the molecule is N#Cc1cccc(-n2c(CN)n[nH]c2=O)c1. The van der Waals surface area contributed by atoms with Gasteiger partial charge in [0.25, 0.3) is 0 Å². The van der Waals surface area contributed by atoms with Crippen LogP contribution in [0.25, 0.3) is 5.69 Å². The predicted octanol–water partition coefficient (Wildman–Crippen LogP) is -0.109. The molecule has 6 nitrogen and oxygen atoms in total. The average Bonchev–Trinajstić information content (AvgIpc) is 2.70. The van der Waals surface area contributed by atoms with Crippen molar-refractivity contribution in [1.82, 2.24) is 14.8 Å². The van der Waals surface area contributed by atoms with Crippen LogP contribution in [0, 0.1) is 11.3 Å². The van der Waals surface area contributed by atoms with Gasteiger partial charge in [0.1, 0.15) is 0 Å². The molecule has 0 amide bonds. The monoisotopic (exact) mass is 215 g/mol. The lowest BCUT2D eigenvalue weighted by molar-refractivity contribution is 0.851. The molecule has 0 saturated heterocycles. The Bertz CT molecular complexity index is 604. The molecule has 0 aliphatic heterocycles. The summed E-state index contributed by atoms with van der Waals surface area (Å²) in [6.45, 7) is 0.148. The number of aromatic amines is 1. The van der Waals surface area contributed by atoms with Crippen LogP contribution in [0.5, 0.6) is 0 Å².